The first-order valence-corrected chi connectivity index (χ1v) is 5.43. The van der Waals surface area contributed by atoms with Crippen LogP contribution in [-0.4, -0.2) is 30.9 Å². The van der Waals surface area contributed by atoms with Crippen molar-refractivity contribution in [3.8, 4) is 0 Å². The number of benzene rings is 1. The summed E-state index contributed by atoms with van der Waals surface area (Å²) in [6.45, 7) is 3.76. The van der Waals surface area contributed by atoms with Crippen LogP contribution in [0.2, 0.25) is 0 Å². The van der Waals surface area contributed by atoms with Crippen LogP contribution in [0.5, 0.6) is 0 Å². The maximum Gasteiger partial charge on any atom is 0.238 e. The van der Waals surface area contributed by atoms with E-state index < -0.39 is 0 Å². The zero-order valence-corrected chi connectivity index (χ0v) is 9.86. The Bertz CT molecular complexity index is 352. The van der Waals surface area contributed by atoms with Crippen molar-refractivity contribution in [2.24, 2.45) is 5.73 Å². The lowest BCUT2D eigenvalue weighted by Crippen LogP contribution is -2.29. The largest absolute Gasteiger partial charge is 0.326 e. The van der Waals surface area contributed by atoms with Gasteiger partial charge in [-0.2, -0.15) is 0 Å². The lowest BCUT2D eigenvalue weighted by Gasteiger charge is -2.13. The highest BCUT2D eigenvalue weighted by Crippen LogP contribution is 2.09. The molecular formula is C12H19N3O. The molecule has 4 heteroatoms. The summed E-state index contributed by atoms with van der Waals surface area (Å²) in [6, 6.07) is 7.59. The molecule has 0 bridgehead atoms. The first-order chi connectivity index (χ1) is 7.65. The van der Waals surface area contributed by atoms with Gasteiger partial charge in [0.1, 0.15) is 0 Å². The number of anilines is 1. The molecule has 0 heterocycles. The third kappa shape index (κ3) is 4.00. The number of nitrogens with two attached hydrogens (primary N) is 1. The van der Waals surface area contributed by atoms with E-state index in [1.54, 1.807) is 0 Å². The Hall–Kier alpha value is -1.39. The van der Waals surface area contributed by atoms with Crippen molar-refractivity contribution in [1.29, 1.82) is 0 Å². The van der Waals surface area contributed by atoms with Gasteiger partial charge in [-0.05, 0) is 31.3 Å². The monoisotopic (exact) mass is 221 g/mol. The molecule has 0 atom stereocenters. The highest BCUT2D eigenvalue weighted by molar-refractivity contribution is 5.92. The van der Waals surface area contributed by atoms with Crippen LogP contribution in [0.15, 0.2) is 24.3 Å². The number of hydrogen-bond acceptors (Lipinski definition) is 3. The minimum Gasteiger partial charge on any atom is -0.326 e. The Kier molecular flexibility index (Phi) is 4.95. The average molecular weight is 221 g/mol. The van der Waals surface area contributed by atoms with E-state index in [9.17, 15) is 4.79 Å². The Labute approximate surface area is 96.4 Å². The number of carbonyl (C=O) groups is 1. The maximum absolute atomic E-state index is 11.6. The minimum atomic E-state index is -0.00137. The van der Waals surface area contributed by atoms with Crippen LogP contribution >= 0.6 is 0 Å². The van der Waals surface area contributed by atoms with Crippen LogP contribution in [-0.2, 0) is 11.3 Å². The van der Waals surface area contributed by atoms with E-state index in [0.717, 1.165) is 17.8 Å². The third-order valence-corrected chi connectivity index (χ3v) is 2.40. The van der Waals surface area contributed by atoms with Crippen molar-refractivity contribution in [2.75, 3.05) is 25.5 Å². The van der Waals surface area contributed by atoms with Gasteiger partial charge in [0.05, 0.1) is 6.54 Å². The molecule has 1 amide bonds. The Morgan fingerprint density at radius 1 is 1.50 bits per heavy atom. The van der Waals surface area contributed by atoms with Crippen LogP contribution in [0.4, 0.5) is 5.69 Å². The van der Waals surface area contributed by atoms with E-state index in [0.29, 0.717) is 13.1 Å². The second-order valence-corrected chi connectivity index (χ2v) is 3.78. The topological polar surface area (TPSA) is 58.4 Å². The van der Waals surface area contributed by atoms with Crippen molar-refractivity contribution in [2.45, 2.75) is 13.5 Å². The van der Waals surface area contributed by atoms with Gasteiger partial charge in [-0.15, -0.1) is 0 Å². The molecule has 16 heavy (non-hydrogen) atoms. The van der Waals surface area contributed by atoms with E-state index in [-0.39, 0.29) is 5.91 Å². The van der Waals surface area contributed by atoms with Crippen LogP contribution in [0, 0.1) is 0 Å². The molecule has 0 fully saturated rings. The maximum atomic E-state index is 11.6. The first-order valence-electron chi connectivity index (χ1n) is 5.43. The lowest BCUT2D eigenvalue weighted by molar-refractivity contribution is -0.117. The molecule has 0 aliphatic carbocycles. The Morgan fingerprint density at radius 2 is 2.25 bits per heavy atom. The first kappa shape index (κ1) is 12.7. The Morgan fingerprint density at radius 3 is 2.88 bits per heavy atom. The second kappa shape index (κ2) is 6.25. The number of nitrogens with one attached hydrogen (secondary N) is 1. The van der Waals surface area contributed by atoms with E-state index in [1.165, 1.54) is 0 Å². The van der Waals surface area contributed by atoms with Gasteiger partial charge in [0.15, 0.2) is 0 Å². The normalized spacial score (nSPS) is 10.5. The molecule has 0 radical (unpaired) electrons. The van der Waals surface area contributed by atoms with E-state index in [1.807, 2.05) is 43.1 Å². The summed E-state index contributed by atoms with van der Waals surface area (Å²) in [7, 11) is 1.91. The zero-order chi connectivity index (χ0) is 12.0. The summed E-state index contributed by atoms with van der Waals surface area (Å²) in [4.78, 5) is 13.5. The molecule has 0 aromatic heterocycles. The second-order valence-electron chi connectivity index (χ2n) is 3.78. The molecule has 0 aliphatic heterocycles. The highest BCUT2D eigenvalue weighted by Gasteiger charge is 2.05. The molecule has 1 aromatic carbocycles. The summed E-state index contributed by atoms with van der Waals surface area (Å²) in [5.41, 5.74) is 7.35. The molecular weight excluding hydrogens is 202 g/mol. The predicted octanol–water partition coefficient (Wildman–Crippen LogP) is 1.04. The SMILES string of the molecule is CCN(C)CC(=O)Nc1cccc(CN)c1. The van der Waals surface area contributed by atoms with Gasteiger partial charge in [0, 0.05) is 12.2 Å². The fourth-order valence-electron chi connectivity index (χ4n) is 1.33. The fourth-order valence-corrected chi connectivity index (χ4v) is 1.33. The quantitative estimate of drug-likeness (QED) is 0.781. The van der Waals surface area contributed by atoms with E-state index in [2.05, 4.69) is 5.32 Å². The lowest BCUT2D eigenvalue weighted by atomic mass is 10.2. The number of nitrogens with zero attached hydrogens (tertiary/aromatic N) is 1. The van der Waals surface area contributed by atoms with Gasteiger partial charge in [0.25, 0.3) is 0 Å². The summed E-state index contributed by atoms with van der Waals surface area (Å²) in [5.74, 6) is -0.00137. The minimum absolute atomic E-state index is 0.00137. The predicted molar refractivity (Wildman–Crippen MR) is 66.1 cm³/mol. The van der Waals surface area contributed by atoms with Gasteiger partial charge in [0.2, 0.25) is 5.91 Å². The average Bonchev–Trinajstić information content (AvgIpc) is 2.28. The van der Waals surface area contributed by atoms with Gasteiger partial charge >= 0.3 is 0 Å². The number of amides is 1. The van der Waals surface area contributed by atoms with Crippen LogP contribution in [0.25, 0.3) is 0 Å². The van der Waals surface area contributed by atoms with Gasteiger partial charge in [-0.3, -0.25) is 9.69 Å². The molecule has 0 aliphatic rings. The van der Waals surface area contributed by atoms with Crippen LogP contribution in [0.3, 0.4) is 0 Å². The van der Waals surface area contributed by atoms with Crippen LogP contribution < -0.4 is 11.1 Å². The molecule has 1 rings (SSSR count). The smallest absolute Gasteiger partial charge is 0.238 e. The molecule has 4 nitrogen and oxygen atoms in total. The number of carbonyl (C=O) groups excluding carboxylic acids is 1. The van der Waals surface area contributed by atoms with Gasteiger partial charge in [-0.1, -0.05) is 19.1 Å². The standard InChI is InChI=1S/C12H19N3O/c1-3-15(2)9-12(16)14-11-6-4-5-10(7-11)8-13/h4-7H,3,8-9,13H2,1-2H3,(H,14,16). The van der Waals surface area contributed by atoms with Crippen molar-refractivity contribution in [3.63, 3.8) is 0 Å². The van der Waals surface area contributed by atoms with Crippen molar-refractivity contribution in [1.82, 2.24) is 4.90 Å². The molecule has 0 unspecified atom stereocenters. The summed E-state index contributed by atoms with van der Waals surface area (Å²) >= 11 is 0. The number of likely N-dealkylation sites (N-methyl/N-ethyl adjacent to an activating group) is 1. The van der Waals surface area contributed by atoms with Crippen LogP contribution in [0.1, 0.15) is 12.5 Å². The van der Waals surface area contributed by atoms with Gasteiger partial charge < -0.3 is 11.1 Å². The summed E-state index contributed by atoms with van der Waals surface area (Å²) in [6.07, 6.45) is 0. The molecule has 88 valence electrons. The van der Waals surface area contributed by atoms with E-state index >= 15 is 0 Å². The molecule has 0 spiro atoms. The summed E-state index contributed by atoms with van der Waals surface area (Å²) < 4.78 is 0. The van der Waals surface area contributed by atoms with Crippen molar-refractivity contribution in [3.05, 3.63) is 29.8 Å². The molecule has 1 aromatic rings. The van der Waals surface area contributed by atoms with Crippen molar-refractivity contribution < 1.29 is 4.79 Å². The highest BCUT2D eigenvalue weighted by atomic mass is 16.2. The molecule has 0 saturated heterocycles. The van der Waals surface area contributed by atoms with Gasteiger partial charge in [-0.25, -0.2) is 0 Å². The van der Waals surface area contributed by atoms with Crippen molar-refractivity contribution >= 4 is 11.6 Å². The van der Waals surface area contributed by atoms with E-state index in [4.69, 9.17) is 5.73 Å². The number of hydrogen-bond donors (Lipinski definition) is 2. The Balaban J connectivity index is 2.55. The zero-order valence-electron chi connectivity index (χ0n) is 9.86. The third-order valence-electron chi connectivity index (χ3n) is 2.40. The fraction of sp³-hybridized carbons (Fsp3) is 0.417. The molecule has 3 N–H and O–H groups in total. The summed E-state index contributed by atoms with van der Waals surface area (Å²) in [5, 5.41) is 2.85. The molecule has 0 saturated carbocycles. The number of rotatable bonds is 5.